The Morgan fingerprint density at radius 3 is 2.48 bits per heavy atom. The van der Waals surface area contributed by atoms with Crippen molar-refractivity contribution < 1.29 is 12.8 Å². The zero-order chi connectivity index (χ0) is 19.7. The lowest BCUT2D eigenvalue weighted by Gasteiger charge is -2.27. The number of pyridine rings is 1. The molecule has 0 aliphatic carbocycles. The minimum atomic E-state index is -3.71. The molecule has 0 radical (unpaired) electrons. The van der Waals surface area contributed by atoms with Gasteiger partial charge in [-0.3, -0.25) is 4.98 Å². The van der Waals surface area contributed by atoms with Crippen molar-refractivity contribution in [2.24, 2.45) is 0 Å². The van der Waals surface area contributed by atoms with Gasteiger partial charge in [0.25, 0.3) is 0 Å². The van der Waals surface area contributed by atoms with Gasteiger partial charge in [0.1, 0.15) is 5.82 Å². The van der Waals surface area contributed by atoms with Crippen molar-refractivity contribution in [1.82, 2.24) is 9.71 Å². The first-order chi connectivity index (χ1) is 12.7. The van der Waals surface area contributed by atoms with Gasteiger partial charge in [-0.2, -0.15) is 0 Å². The number of halogens is 1. The van der Waals surface area contributed by atoms with Gasteiger partial charge >= 0.3 is 0 Å². The number of nitrogens with zero attached hydrogens (tertiary/aromatic N) is 1. The van der Waals surface area contributed by atoms with Crippen LogP contribution in [0.2, 0.25) is 0 Å². The van der Waals surface area contributed by atoms with Crippen LogP contribution in [0.5, 0.6) is 0 Å². The molecule has 0 unspecified atom stereocenters. The summed E-state index contributed by atoms with van der Waals surface area (Å²) < 4.78 is 42.4. The summed E-state index contributed by atoms with van der Waals surface area (Å²) in [6.45, 7) is 5.40. The molecule has 0 aliphatic rings. The van der Waals surface area contributed by atoms with E-state index in [-0.39, 0.29) is 4.90 Å². The lowest BCUT2D eigenvalue weighted by Crippen LogP contribution is -2.40. The fourth-order valence-electron chi connectivity index (χ4n) is 2.92. The Hall–Kier alpha value is -2.57. The molecular weight excluding hydrogens is 363 g/mol. The summed E-state index contributed by atoms with van der Waals surface area (Å²) in [4.78, 5) is 3.98. The van der Waals surface area contributed by atoms with Crippen LogP contribution in [0.25, 0.3) is 11.1 Å². The molecule has 0 amide bonds. The second kappa shape index (κ2) is 7.21. The SMILES string of the molecule is Cc1cccc(S(=O)(=O)NC(C)(C)c2cccc(-c3ccncc3F)c2)c1. The third kappa shape index (κ3) is 4.23. The van der Waals surface area contributed by atoms with E-state index in [1.165, 1.54) is 6.20 Å². The first-order valence-electron chi connectivity index (χ1n) is 8.50. The number of rotatable bonds is 5. The normalized spacial score (nSPS) is 12.1. The fourth-order valence-corrected chi connectivity index (χ4v) is 4.43. The van der Waals surface area contributed by atoms with E-state index in [4.69, 9.17) is 0 Å². The fraction of sp³-hybridized carbons (Fsp3) is 0.190. The topological polar surface area (TPSA) is 59.1 Å². The van der Waals surface area contributed by atoms with Crippen LogP contribution in [0.3, 0.4) is 0 Å². The smallest absolute Gasteiger partial charge is 0.241 e. The second-order valence-electron chi connectivity index (χ2n) is 6.98. The third-order valence-electron chi connectivity index (χ3n) is 4.36. The van der Waals surface area contributed by atoms with Gasteiger partial charge in [0.05, 0.1) is 16.6 Å². The summed E-state index contributed by atoms with van der Waals surface area (Å²) in [6, 6.07) is 15.5. The summed E-state index contributed by atoms with van der Waals surface area (Å²) >= 11 is 0. The van der Waals surface area contributed by atoms with Crippen molar-refractivity contribution in [2.75, 3.05) is 0 Å². The van der Waals surface area contributed by atoms with E-state index in [1.54, 1.807) is 56.3 Å². The summed E-state index contributed by atoms with van der Waals surface area (Å²) in [5.41, 5.74) is 1.79. The molecule has 27 heavy (non-hydrogen) atoms. The zero-order valence-corrected chi connectivity index (χ0v) is 16.2. The van der Waals surface area contributed by atoms with Crippen LogP contribution in [0.4, 0.5) is 4.39 Å². The number of hydrogen-bond acceptors (Lipinski definition) is 3. The number of nitrogens with one attached hydrogen (secondary N) is 1. The Morgan fingerprint density at radius 2 is 1.78 bits per heavy atom. The van der Waals surface area contributed by atoms with Crippen LogP contribution in [-0.4, -0.2) is 13.4 Å². The highest BCUT2D eigenvalue weighted by Crippen LogP contribution is 2.29. The molecule has 0 fully saturated rings. The van der Waals surface area contributed by atoms with Gasteiger partial charge in [-0.1, -0.05) is 30.3 Å². The molecule has 0 aliphatic heterocycles. The molecule has 3 rings (SSSR count). The van der Waals surface area contributed by atoms with E-state index in [2.05, 4.69) is 9.71 Å². The van der Waals surface area contributed by atoms with Crippen molar-refractivity contribution in [3.8, 4) is 11.1 Å². The lowest BCUT2D eigenvalue weighted by molar-refractivity contribution is 0.472. The summed E-state index contributed by atoms with van der Waals surface area (Å²) in [5.74, 6) is -0.423. The average molecular weight is 384 g/mol. The molecule has 140 valence electrons. The van der Waals surface area contributed by atoms with E-state index in [0.717, 1.165) is 17.3 Å². The summed E-state index contributed by atoms with van der Waals surface area (Å²) in [6.07, 6.45) is 2.68. The van der Waals surface area contributed by atoms with Gasteiger partial charge in [0.15, 0.2) is 0 Å². The maximum atomic E-state index is 14.1. The Morgan fingerprint density at radius 1 is 1.04 bits per heavy atom. The van der Waals surface area contributed by atoms with E-state index >= 15 is 0 Å². The van der Waals surface area contributed by atoms with Crippen molar-refractivity contribution in [1.29, 1.82) is 0 Å². The number of hydrogen-bond donors (Lipinski definition) is 1. The Bertz CT molecular complexity index is 1080. The highest BCUT2D eigenvalue weighted by molar-refractivity contribution is 7.89. The van der Waals surface area contributed by atoms with Crippen molar-refractivity contribution in [2.45, 2.75) is 31.2 Å². The van der Waals surface area contributed by atoms with E-state index in [9.17, 15) is 12.8 Å². The van der Waals surface area contributed by atoms with Crippen LogP contribution >= 0.6 is 0 Å². The molecule has 1 N–H and O–H groups in total. The van der Waals surface area contributed by atoms with Crippen LogP contribution < -0.4 is 4.72 Å². The average Bonchev–Trinajstić information content (AvgIpc) is 2.61. The maximum absolute atomic E-state index is 14.1. The molecule has 0 saturated heterocycles. The second-order valence-corrected chi connectivity index (χ2v) is 8.67. The number of aryl methyl sites for hydroxylation is 1. The minimum absolute atomic E-state index is 0.215. The zero-order valence-electron chi connectivity index (χ0n) is 15.4. The molecule has 3 aromatic rings. The highest BCUT2D eigenvalue weighted by atomic mass is 32.2. The predicted octanol–water partition coefficient (Wildman–Crippen LogP) is 4.41. The number of sulfonamides is 1. The minimum Gasteiger partial charge on any atom is -0.262 e. The molecule has 1 aromatic heterocycles. The van der Waals surface area contributed by atoms with Crippen molar-refractivity contribution in [3.63, 3.8) is 0 Å². The largest absolute Gasteiger partial charge is 0.262 e. The van der Waals surface area contributed by atoms with Crippen LogP contribution in [0.15, 0.2) is 71.9 Å². The van der Waals surface area contributed by atoms with Gasteiger partial charge in [-0.05, 0) is 61.7 Å². The highest BCUT2D eigenvalue weighted by Gasteiger charge is 2.28. The summed E-state index contributed by atoms with van der Waals surface area (Å²) in [5, 5.41) is 0. The number of benzene rings is 2. The summed E-state index contributed by atoms with van der Waals surface area (Å²) in [7, 11) is -3.71. The predicted molar refractivity (Wildman–Crippen MR) is 104 cm³/mol. The van der Waals surface area contributed by atoms with Crippen molar-refractivity contribution in [3.05, 3.63) is 83.9 Å². The van der Waals surface area contributed by atoms with Gasteiger partial charge in [0, 0.05) is 11.8 Å². The number of aromatic nitrogens is 1. The maximum Gasteiger partial charge on any atom is 0.241 e. The van der Waals surface area contributed by atoms with Gasteiger partial charge in [-0.25, -0.2) is 17.5 Å². The van der Waals surface area contributed by atoms with Crippen LogP contribution in [0.1, 0.15) is 25.0 Å². The van der Waals surface area contributed by atoms with E-state index in [0.29, 0.717) is 11.1 Å². The molecular formula is C21H21FN2O2S. The van der Waals surface area contributed by atoms with Crippen LogP contribution in [0, 0.1) is 12.7 Å². The third-order valence-corrected chi connectivity index (χ3v) is 6.01. The quantitative estimate of drug-likeness (QED) is 0.709. The molecule has 0 atom stereocenters. The van der Waals surface area contributed by atoms with Gasteiger partial charge in [-0.15, -0.1) is 0 Å². The van der Waals surface area contributed by atoms with Gasteiger partial charge < -0.3 is 0 Å². The van der Waals surface area contributed by atoms with Crippen LogP contribution in [-0.2, 0) is 15.6 Å². The van der Waals surface area contributed by atoms with Crippen molar-refractivity contribution >= 4 is 10.0 Å². The molecule has 1 heterocycles. The molecule has 2 aromatic carbocycles. The molecule has 6 heteroatoms. The monoisotopic (exact) mass is 384 g/mol. The molecule has 0 bridgehead atoms. The van der Waals surface area contributed by atoms with E-state index in [1.807, 2.05) is 19.1 Å². The van der Waals surface area contributed by atoms with E-state index < -0.39 is 21.4 Å². The Labute approximate surface area is 159 Å². The lowest BCUT2D eigenvalue weighted by atomic mass is 9.92. The van der Waals surface area contributed by atoms with Gasteiger partial charge in [0.2, 0.25) is 10.0 Å². The Balaban J connectivity index is 1.96. The molecule has 0 saturated carbocycles. The molecule has 0 spiro atoms. The Kier molecular flexibility index (Phi) is 5.13. The standard InChI is InChI=1S/C21H21FN2O2S/c1-15-6-4-9-18(12-15)27(25,26)24-21(2,3)17-8-5-7-16(13-17)19-10-11-23-14-20(19)22/h4-14,24H,1-3H3. The molecule has 4 nitrogen and oxygen atoms in total. The first-order valence-corrected chi connectivity index (χ1v) is 9.98. The first kappa shape index (κ1) is 19.2.